The summed E-state index contributed by atoms with van der Waals surface area (Å²) in [6.07, 6.45) is 3.83. The van der Waals surface area contributed by atoms with Crippen LogP contribution in [-0.2, 0) is 4.79 Å². The first-order valence-electron chi connectivity index (χ1n) is 9.50. The van der Waals surface area contributed by atoms with Crippen molar-refractivity contribution in [2.24, 2.45) is 11.8 Å². The third kappa shape index (κ3) is 3.50. The number of carboxylic acids is 1. The molecular formula is C20H27NO5. The molecule has 6 nitrogen and oxygen atoms in total. The zero-order valence-corrected chi connectivity index (χ0v) is 15.4. The van der Waals surface area contributed by atoms with Crippen LogP contribution in [0, 0.1) is 11.8 Å². The van der Waals surface area contributed by atoms with Gasteiger partial charge in [0.05, 0.1) is 13.2 Å². The Kier molecular flexibility index (Phi) is 5.69. The van der Waals surface area contributed by atoms with Crippen LogP contribution in [0.15, 0.2) is 18.2 Å². The Morgan fingerprint density at radius 2 is 2.00 bits per heavy atom. The molecule has 3 unspecified atom stereocenters. The highest BCUT2D eigenvalue weighted by Gasteiger charge is 2.49. The van der Waals surface area contributed by atoms with E-state index in [-0.39, 0.29) is 11.8 Å². The molecule has 1 amide bonds. The van der Waals surface area contributed by atoms with Crippen LogP contribution in [0.5, 0.6) is 11.5 Å². The normalized spacial score (nSPS) is 24.4. The first-order valence-corrected chi connectivity index (χ1v) is 9.50. The van der Waals surface area contributed by atoms with E-state index < -0.39 is 12.0 Å². The number of aliphatic carboxylic acids is 1. The van der Waals surface area contributed by atoms with Crippen LogP contribution in [0.2, 0.25) is 0 Å². The maximum absolute atomic E-state index is 13.0. The summed E-state index contributed by atoms with van der Waals surface area (Å²) in [6.45, 7) is 5.46. The molecule has 1 aliphatic heterocycles. The standard InChI is InChI=1S/C20H27NO5/c1-3-10-26-16-9-8-13(11-17(16)25-4-2)19(22)21-12-14-6-5-7-15(14)18(21)20(23)24/h8-9,11,14-15,18H,3-7,10,12H2,1-2H3,(H,23,24). The third-order valence-electron chi connectivity index (χ3n) is 5.36. The summed E-state index contributed by atoms with van der Waals surface area (Å²) in [4.78, 5) is 26.4. The molecule has 1 heterocycles. The minimum Gasteiger partial charge on any atom is -0.490 e. The Balaban J connectivity index is 1.84. The number of carbonyl (C=O) groups is 2. The second kappa shape index (κ2) is 7.98. The fourth-order valence-electron chi connectivity index (χ4n) is 4.24. The number of nitrogens with zero attached hydrogens (tertiary/aromatic N) is 1. The van der Waals surface area contributed by atoms with Gasteiger partial charge in [-0.3, -0.25) is 4.79 Å². The van der Waals surface area contributed by atoms with Crippen molar-refractivity contribution in [3.05, 3.63) is 23.8 Å². The number of fused-ring (bicyclic) bond motifs is 1. The number of carbonyl (C=O) groups excluding carboxylic acids is 1. The van der Waals surface area contributed by atoms with E-state index in [0.29, 0.717) is 42.7 Å². The van der Waals surface area contributed by atoms with Gasteiger partial charge < -0.3 is 19.5 Å². The van der Waals surface area contributed by atoms with Gasteiger partial charge in [-0.05, 0) is 56.2 Å². The number of carboxylic acid groups (broad SMARTS) is 1. The molecule has 2 fully saturated rings. The van der Waals surface area contributed by atoms with Crippen molar-refractivity contribution >= 4 is 11.9 Å². The van der Waals surface area contributed by atoms with Crippen molar-refractivity contribution < 1.29 is 24.2 Å². The molecule has 6 heteroatoms. The van der Waals surface area contributed by atoms with E-state index in [1.165, 1.54) is 4.90 Å². The van der Waals surface area contributed by atoms with E-state index in [1.807, 2.05) is 13.8 Å². The van der Waals surface area contributed by atoms with Gasteiger partial charge in [0, 0.05) is 12.1 Å². The first-order chi connectivity index (χ1) is 12.6. The topological polar surface area (TPSA) is 76.1 Å². The third-order valence-corrected chi connectivity index (χ3v) is 5.36. The van der Waals surface area contributed by atoms with E-state index in [1.54, 1.807) is 18.2 Å². The summed E-state index contributed by atoms with van der Waals surface area (Å²) in [5.41, 5.74) is 0.448. The summed E-state index contributed by atoms with van der Waals surface area (Å²) in [7, 11) is 0. The minimum atomic E-state index is -0.902. The summed E-state index contributed by atoms with van der Waals surface area (Å²) in [5.74, 6) is 0.375. The van der Waals surface area contributed by atoms with Gasteiger partial charge in [-0.2, -0.15) is 0 Å². The van der Waals surface area contributed by atoms with Crippen molar-refractivity contribution in [3.8, 4) is 11.5 Å². The van der Waals surface area contributed by atoms with Gasteiger partial charge in [-0.1, -0.05) is 13.3 Å². The lowest BCUT2D eigenvalue weighted by Gasteiger charge is -2.25. The van der Waals surface area contributed by atoms with Crippen molar-refractivity contribution in [2.45, 2.75) is 45.6 Å². The lowest BCUT2D eigenvalue weighted by molar-refractivity contribution is -0.142. The second-order valence-corrected chi connectivity index (χ2v) is 7.04. The predicted molar refractivity (Wildman–Crippen MR) is 96.7 cm³/mol. The van der Waals surface area contributed by atoms with Crippen molar-refractivity contribution in [1.29, 1.82) is 0 Å². The fourth-order valence-corrected chi connectivity index (χ4v) is 4.24. The second-order valence-electron chi connectivity index (χ2n) is 7.04. The minimum absolute atomic E-state index is 0.0787. The summed E-state index contributed by atoms with van der Waals surface area (Å²) in [5, 5.41) is 9.67. The lowest BCUT2D eigenvalue weighted by Crippen LogP contribution is -2.43. The van der Waals surface area contributed by atoms with Gasteiger partial charge in [-0.25, -0.2) is 4.79 Å². The van der Waals surface area contributed by atoms with Gasteiger partial charge in [0.25, 0.3) is 5.91 Å². The van der Waals surface area contributed by atoms with Crippen molar-refractivity contribution in [2.75, 3.05) is 19.8 Å². The van der Waals surface area contributed by atoms with Crippen LogP contribution in [0.3, 0.4) is 0 Å². The molecule has 3 rings (SSSR count). The SMILES string of the molecule is CCCOc1ccc(C(=O)N2CC3CCCC3C2C(=O)O)cc1OCC. The molecular weight excluding hydrogens is 334 g/mol. The Morgan fingerprint density at radius 1 is 1.19 bits per heavy atom. The van der Waals surface area contributed by atoms with Crippen molar-refractivity contribution in [3.63, 3.8) is 0 Å². The summed E-state index contributed by atoms with van der Waals surface area (Å²) in [6, 6.07) is 4.38. The highest BCUT2D eigenvalue weighted by molar-refractivity contribution is 5.97. The maximum atomic E-state index is 13.0. The Bertz CT molecular complexity index is 674. The molecule has 1 aromatic carbocycles. The number of likely N-dealkylation sites (tertiary alicyclic amines) is 1. The summed E-state index contributed by atoms with van der Waals surface area (Å²) >= 11 is 0. The first kappa shape index (κ1) is 18.5. The molecule has 1 N–H and O–H groups in total. The van der Waals surface area contributed by atoms with Crippen LogP contribution in [0.4, 0.5) is 0 Å². The highest BCUT2D eigenvalue weighted by atomic mass is 16.5. The van der Waals surface area contributed by atoms with Gasteiger partial charge in [0.2, 0.25) is 0 Å². The largest absolute Gasteiger partial charge is 0.490 e. The molecule has 1 saturated heterocycles. The molecule has 3 atom stereocenters. The Morgan fingerprint density at radius 3 is 2.69 bits per heavy atom. The molecule has 26 heavy (non-hydrogen) atoms. The molecule has 2 aliphatic rings. The number of rotatable bonds is 7. The number of ether oxygens (including phenoxy) is 2. The van der Waals surface area contributed by atoms with Crippen LogP contribution in [0.25, 0.3) is 0 Å². The van der Waals surface area contributed by atoms with Gasteiger partial charge >= 0.3 is 5.97 Å². The highest BCUT2D eigenvalue weighted by Crippen LogP contribution is 2.43. The molecule has 1 saturated carbocycles. The molecule has 1 aliphatic carbocycles. The zero-order valence-electron chi connectivity index (χ0n) is 15.4. The van der Waals surface area contributed by atoms with Gasteiger partial charge in [0.1, 0.15) is 6.04 Å². The molecule has 0 aromatic heterocycles. The van der Waals surface area contributed by atoms with Crippen molar-refractivity contribution in [1.82, 2.24) is 4.90 Å². The lowest BCUT2D eigenvalue weighted by atomic mass is 9.94. The number of amides is 1. The Labute approximate surface area is 154 Å². The number of hydrogen-bond donors (Lipinski definition) is 1. The van der Waals surface area contributed by atoms with E-state index in [4.69, 9.17) is 9.47 Å². The fraction of sp³-hybridized carbons (Fsp3) is 0.600. The summed E-state index contributed by atoms with van der Waals surface area (Å²) < 4.78 is 11.3. The quantitative estimate of drug-likeness (QED) is 0.807. The average Bonchev–Trinajstić information content (AvgIpc) is 3.20. The van der Waals surface area contributed by atoms with Crippen LogP contribution in [-0.4, -0.2) is 47.7 Å². The van der Waals surface area contributed by atoms with Gasteiger partial charge in [-0.15, -0.1) is 0 Å². The molecule has 0 bridgehead atoms. The number of benzene rings is 1. The van der Waals surface area contributed by atoms with E-state index in [9.17, 15) is 14.7 Å². The van der Waals surface area contributed by atoms with E-state index in [2.05, 4.69) is 0 Å². The maximum Gasteiger partial charge on any atom is 0.326 e. The van der Waals surface area contributed by atoms with E-state index in [0.717, 1.165) is 25.7 Å². The monoisotopic (exact) mass is 361 g/mol. The van der Waals surface area contributed by atoms with Gasteiger partial charge in [0.15, 0.2) is 11.5 Å². The van der Waals surface area contributed by atoms with Crippen LogP contribution in [0.1, 0.15) is 49.9 Å². The number of hydrogen-bond acceptors (Lipinski definition) is 4. The molecule has 1 aromatic rings. The zero-order chi connectivity index (χ0) is 18.7. The smallest absolute Gasteiger partial charge is 0.326 e. The predicted octanol–water partition coefficient (Wildman–Crippen LogP) is 3.20. The molecule has 142 valence electrons. The van der Waals surface area contributed by atoms with E-state index >= 15 is 0 Å². The van der Waals surface area contributed by atoms with Crippen LogP contribution >= 0.6 is 0 Å². The Hall–Kier alpha value is -2.24. The van der Waals surface area contributed by atoms with Crippen LogP contribution < -0.4 is 9.47 Å². The molecule has 0 radical (unpaired) electrons. The molecule has 0 spiro atoms. The average molecular weight is 361 g/mol.